The molecule has 0 fully saturated rings. The summed E-state index contributed by atoms with van der Waals surface area (Å²) in [4.78, 5) is 18.2. The van der Waals surface area contributed by atoms with Crippen molar-refractivity contribution in [1.29, 1.82) is 0 Å². The lowest BCUT2D eigenvalue weighted by Gasteiger charge is -2.18. The number of halogens is 1. The third-order valence-electron chi connectivity index (χ3n) is 3.09. The topological polar surface area (TPSA) is 56.7 Å². The van der Waals surface area contributed by atoms with Crippen LogP contribution in [0.1, 0.15) is 18.9 Å². The van der Waals surface area contributed by atoms with Gasteiger partial charge in [-0.2, -0.15) is 0 Å². The molecule has 1 amide bonds. The highest BCUT2D eigenvalue weighted by molar-refractivity contribution is 9.10. The van der Waals surface area contributed by atoms with Gasteiger partial charge in [-0.05, 0) is 18.6 Å². The largest absolute Gasteiger partial charge is 0.357 e. The van der Waals surface area contributed by atoms with Gasteiger partial charge >= 0.3 is 0 Å². The van der Waals surface area contributed by atoms with E-state index < -0.39 is 0 Å². The van der Waals surface area contributed by atoms with E-state index in [-0.39, 0.29) is 5.91 Å². The Morgan fingerprint density at radius 2 is 2.13 bits per heavy atom. The number of nitrogens with zero attached hydrogens (tertiary/aromatic N) is 2. The average molecular weight is 379 g/mol. The minimum absolute atomic E-state index is 0.0531. The molecule has 0 spiro atoms. The van der Waals surface area contributed by atoms with Gasteiger partial charge in [-0.1, -0.05) is 40.0 Å². The molecule has 0 unspecified atom stereocenters. The zero-order valence-electron chi connectivity index (χ0n) is 13.6. The average Bonchev–Trinajstić information content (AvgIpc) is 2.54. The van der Waals surface area contributed by atoms with E-state index in [9.17, 15) is 4.79 Å². The van der Waals surface area contributed by atoms with Crippen LogP contribution in [0.2, 0.25) is 0 Å². The summed E-state index contributed by atoms with van der Waals surface area (Å²) in [7, 11) is 1.80. The number of nitrogens with one attached hydrogen (secondary N) is 2. The van der Waals surface area contributed by atoms with Gasteiger partial charge in [-0.3, -0.25) is 9.79 Å². The molecule has 0 aromatic heterocycles. The fraction of sp³-hybridized carbons (Fsp3) is 0.412. The second kappa shape index (κ2) is 10.7. The first-order valence-electron chi connectivity index (χ1n) is 7.51. The molecule has 0 saturated carbocycles. The molecule has 1 aromatic rings. The Balaban J connectivity index is 2.48. The van der Waals surface area contributed by atoms with E-state index in [4.69, 9.17) is 6.42 Å². The van der Waals surface area contributed by atoms with Crippen LogP contribution in [-0.2, 0) is 11.3 Å². The van der Waals surface area contributed by atoms with Crippen LogP contribution in [0.5, 0.6) is 0 Å². The minimum Gasteiger partial charge on any atom is -0.357 e. The highest BCUT2D eigenvalue weighted by Crippen LogP contribution is 2.17. The van der Waals surface area contributed by atoms with Crippen molar-refractivity contribution in [2.45, 2.75) is 19.9 Å². The third-order valence-corrected chi connectivity index (χ3v) is 3.86. The van der Waals surface area contributed by atoms with Gasteiger partial charge in [0.25, 0.3) is 0 Å². The molecule has 0 atom stereocenters. The van der Waals surface area contributed by atoms with Crippen LogP contribution in [0.15, 0.2) is 33.7 Å². The lowest BCUT2D eigenvalue weighted by Crippen LogP contribution is -2.37. The molecule has 2 N–H and O–H groups in total. The molecule has 0 aliphatic heterocycles. The van der Waals surface area contributed by atoms with Crippen molar-refractivity contribution in [3.05, 3.63) is 34.3 Å². The Morgan fingerprint density at radius 3 is 2.78 bits per heavy atom. The van der Waals surface area contributed by atoms with Gasteiger partial charge in [0.1, 0.15) is 0 Å². The van der Waals surface area contributed by atoms with Crippen molar-refractivity contribution in [3.8, 4) is 12.3 Å². The maximum absolute atomic E-state index is 12.2. The molecule has 0 radical (unpaired) electrons. The van der Waals surface area contributed by atoms with Crippen LogP contribution >= 0.6 is 15.9 Å². The van der Waals surface area contributed by atoms with E-state index in [0.29, 0.717) is 32.0 Å². The molecular weight excluding hydrogens is 356 g/mol. The molecule has 0 aliphatic carbocycles. The molecule has 5 nitrogen and oxygen atoms in total. The summed E-state index contributed by atoms with van der Waals surface area (Å²) in [6.07, 6.45) is 5.57. The number of hydrogen-bond acceptors (Lipinski definition) is 2. The first kappa shape index (κ1) is 19.0. The Kier molecular flexibility index (Phi) is 8.85. The summed E-state index contributed by atoms with van der Waals surface area (Å²) in [6.45, 7) is 4.11. The Bertz CT molecular complexity index is 580. The molecular formula is C17H23BrN4O. The van der Waals surface area contributed by atoms with Crippen LogP contribution in [0.25, 0.3) is 0 Å². The highest BCUT2D eigenvalue weighted by Gasteiger charge is 2.10. The summed E-state index contributed by atoms with van der Waals surface area (Å²) in [5, 5.41) is 6.07. The number of amides is 1. The fourth-order valence-electron chi connectivity index (χ4n) is 1.90. The predicted molar refractivity (Wildman–Crippen MR) is 98.0 cm³/mol. The van der Waals surface area contributed by atoms with Gasteiger partial charge < -0.3 is 15.5 Å². The molecule has 0 heterocycles. The number of hydrogen-bond donors (Lipinski definition) is 2. The van der Waals surface area contributed by atoms with E-state index in [1.165, 1.54) is 0 Å². The third kappa shape index (κ3) is 7.20. The zero-order valence-corrected chi connectivity index (χ0v) is 15.2. The van der Waals surface area contributed by atoms with Crippen molar-refractivity contribution in [2.24, 2.45) is 4.99 Å². The second-order valence-electron chi connectivity index (χ2n) is 4.91. The maximum Gasteiger partial charge on any atom is 0.224 e. The van der Waals surface area contributed by atoms with Gasteiger partial charge in [0, 0.05) is 31.0 Å². The van der Waals surface area contributed by atoms with Gasteiger partial charge in [-0.25, -0.2) is 0 Å². The SMILES string of the molecule is C#CCNC(=NCCC(=O)N(C)Cc1ccccc1Br)NCC. The fourth-order valence-corrected chi connectivity index (χ4v) is 2.31. The predicted octanol–water partition coefficient (Wildman–Crippen LogP) is 1.99. The summed E-state index contributed by atoms with van der Waals surface area (Å²) < 4.78 is 1.01. The van der Waals surface area contributed by atoms with Crippen LogP contribution in [-0.4, -0.2) is 43.4 Å². The number of aliphatic imine (C=N–C) groups is 1. The number of carbonyl (C=O) groups is 1. The van der Waals surface area contributed by atoms with Crippen molar-refractivity contribution >= 4 is 27.8 Å². The van der Waals surface area contributed by atoms with Gasteiger partial charge in [0.15, 0.2) is 5.96 Å². The van der Waals surface area contributed by atoms with Crippen molar-refractivity contribution in [3.63, 3.8) is 0 Å². The van der Waals surface area contributed by atoms with E-state index in [0.717, 1.165) is 16.6 Å². The van der Waals surface area contributed by atoms with Crippen LogP contribution in [0.4, 0.5) is 0 Å². The number of guanidine groups is 1. The number of terminal acetylenes is 1. The lowest BCUT2D eigenvalue weighted by molar-refractivity contribution is -0.130. The van der Waals surface area contributed by atoms with E-state index in [1.54, 1.807) is 11.9 Å². The standard InChI is InChI=1S/C17H23BrN4O/c1-4-11-20-17(19-5-2)21-12-10-16(23)22(3)13-14-8-6-7-9-15(14)18/h1,6-9H,5,10-13H2,2-3H3,(H2,19,20,21). The summed E-state index contributed by atoms with van der Waals surface area (Å²) in [6, 6.07) is 7.88. The van der Waals surface area contributed by atoms with Crippen molar-refractivity contribution < 1.29 is 4.79 Å². The normalized spacial score (nSPS) is 10.8. The highest BCUT2D eigenvalue weighted by atomic mass is 79.9. The molecule has 0 aliphatic rings. The van der Waals surface area contributed by atoms with E-state index >= 15 is 0 Å². The van der Waals surface area contributed by atoms with Crippen LogP contribution in [0.3, 0.4) is 0 Å². The van der Waals surface area contributed by atoms with Gasteiger partial charge in [0.05, 0.1) is 13.1 Å². The Hall–Kier alpha value is -2.00. The molecule has 1 aromatic carbocycles. The molecule has 0 bridgehead atoms. The van der Waals surface area contributed by atoms with Crippen molar-refractivity contribution in [1.82, 2.24) is 15.5 Å². The number of rotatable bonds is 7. The van der Waals surface area contributed by atoms with Crippen molar-refractivity contribution in [2.75, 3.05) is 26.7 Å². The van der Waals surface area contributed by atoms with Gasteiger partial charge in [-0.15, -0.1) is 6.42 Å². The first-order valence-corrected chi connectivity index (χ1v) is 8.30. The maximum atomic E-state index is 12.2. The quantitative estimate of drug-likeness (QED) is 0.433. The van der Waals surface area contributed by atoms with Crippen LogP contribution < -0.4 is 10.6 Å². The van der Waals surface area contributed by atoms with Crippen LogP contribution in [0, 0.1) is 12.3 Å². The van der Waals surface area contributed by atoms with E-state index in [2.05, 4.69) is 37.5 Å². The Morgan fingerprint density at radius 1 is 1.39 bits per heavy atom. The van der Waals surface area contributed by atoms with E-state index in [1.807, 2.05) is 31.2 Å². The molecule has 6 heteroatoms. The summed E-state index contributed by atoms with van der Waals surface area (Å²) in [5.74, 6) is 3.18. The first-order chi connectivity index (χ1) is 11.1. The lowest BCUT2D eigenvalue weighted by atomic mass is 10.2. The zero-order chi connectivity index (χ0) is 17.1. The number of benzene rings is 1. The minimum atomic E-state index is 0.0531. The summed E-state index contributed by atoms with van der Waals surface area (Å²) >= 11 is 3.49. The Labute approximate surface area is 146 Å². The smallest absolute Gasteiger partial charge is 0.224 e. The molecule has 0 saturated heterocycles. The second-order valence-corrected chi connectivity index (χ2v) is 5.76. The van der Waals surface area contributed by atoms with Gasteiger partial charge in [0.2, 0.25) is 5.91 Å². The molecule has 1 rings (SSSR count). The summed E-state index contributed by atoms with van der Waals surface area (Å²) in [5.41, 5.74) is 1.08. The molecule has 124 valence electrons. The monoisotopic (exact) mass is 378 g/mol. The molecule has 23 heavy (non-hydrogen) atoms. The number of carbonyl (C=O) groups excluding carboxylic acids is 1.